The Labute approximate surface area is 98.9 Å². The van der Waals surface area contributed by atoms with Crippen molar-refractivity contribution in [3.8, 4) is 0 Å². The summed E-state index contributed by atoms with van der Waals surface area (Å²) < 4.78 is 0. The molecule has 1 aromatic heterocycles. The molecule has 4 heteroatoms. The molecule has 0 spiro atoms. The quantitative estimate of drug-likeness (QED) is 0.885. The molecule has 0 unspecified atom stereocenters. The first-order valence-corrected chi connectivity index (χ1v) is 5.87. The lowest BCUT2D eigenvalue weighted by molar-refractivity contribution is 0.883. The summed E-state index contributed by atoms with van der Waals surface area (Å²) in [6.07, 6.45) is 2.62. The van der Waals surface area contributed by atoms with E-state index in [2.05, 4.69) is 15.3 Å². The van der Waals surface area contributed by atoms with Crippen molar-refractivity contribution in [3.63, 3.8) is 0 Å². The fourth-order valence-corrected chi connectivity index (χ4v) is 1.85. The second-order valence-electron chi connectivity index (χ2n) is 4.18. The van der Waals surface area contributed by atoms with Crippen LogP contribution in [0.3, 0.4) is 0 Å². The monoisotopic (exact) mass is 233 g/mol. The number of rotatable bonds is 3. The molecule has 0 saturated heterocycles. The third-order valence-electron chi connectivity index (χ3n) is 2.78. The summed E-state index contributed by atoms with van der Waals surface area (Å²) in [4.78, 5) is 8.78. The third-order valence-corrected chi connectivity index (χ3v) is 3.05. The van der Waals surface area contributed by atoms with Crippen LogP contribution in [0.4, 0.5) is 5.82 Å². The van der Waals surface area contributed by atoms with Gasteiger partial charge in [0.1, 0.15) is 0 Å². The Bertz CT molecular complexity index is 523. The van der Waals surface area contributed by atoms with Crippen molar-refractivity contribution in [2.24, 2.45) is 5.92 Å². The topological polar surface area (TPSA) is 37.8 Å². The number of aromatic nitrogens is 2. The maximum Gasteiger partial charge on any atom is 0.172 e. The molecule has 82 valence electrons. The lowest BCUT2D eigenvalue weighted by Gasteiger charge is -2.07. The number of nitrogens with one attached hydrogen (secondary N) is 1. The molecule has 2 aromatic rings. The van der Waals surface area contributed by atoms with Crippen LogP contribution in [0.2, 0.25) is 5.15 Å². The van der Waals surface area contributed by atoms with E-state index < -0.39 is 0 Å². The molecule has 1 aromatic carbocycles. The number of nitrogens with zero attached hydrogens (tertiary/aromatic N) is 2. The van der Waals surface area contributed by atoms with Crippen molar-refractivity contribution in [1.82, 2.24) is 9.97 Å². The fraction of sp³-hybridized carbons (Fsp3) is 0.333. The van der Waals surface area contributed by atoms with E-state index in [0.717, 1.165) is 23.5 Å². The molecule has 0 atom stereocenters. The van der Waals surface area contributed by atoms with Gasteiger partial charge in [-0.15, -0.1) is 0 Å². The summed E-state index contributed by atoms with van der Waals surface area (Å²) in [5.74, 6) is 1.50. The van der Waals surface area contributed by atoms with Crippen LogP contribution in [0.1, 0.15) is 12.8 Å². The van der Waals surface area contributed by atoms with Crippen LogP contribution in [0.5, 0.6) is 0 Å². The first-order chi connectivity index (χ1) is 7.83. The molecule has 0 radical (unpaired) electrons. The fourth-order valence-electron chi connectivity index (χ4n) is 1.65. The van der Waals surface area contributed by atoms with Gasteiger partial charge in [-0.3, -0.25) is 0 Å². The van der Waals surface area contributed by atoms with Crippen molar-refractivity contribution in [1.29, 1.82) is 0 Å². The molecule has 0 amide bonds. The van der Waals surface area contributed by atoms with Crippen LogP contribution >= 0.6 is 11.6 Å². The van der Waals surface area contributed by atoms with E-state index in [9.17, 15) is 0 Å². The Hall–Kier alpha value is -1.35. The largest absolute Gasteiger partial charge is 0.367 e. The second-order valence-corrected chi connectivity index (χ2v) is 4.53. The molecule has 1 heterocycles. The molecule has 3 nitrogen and oxygen atoms in total. The molecule has 1 aliphatic carbocycles. The lowest BCUT2D eigenvalue weighted by atomic mass is 10.3. The zero-order valence-electron chi connectivity index (χ0n) is 8.78. The van der Waals surface area contributed by atoms with Gasteiger partial charge in [-0.1, -0.05) is 23.7 Å². The van der Waals surface area contributed by atoms with Crippen molar-refractivity contribution < 1.29 is 0 Å². The van der Waals surface area contributed by atoms with Crippen LogP contribution in [-0.4, -0.2) is 16.5 Å². The van der Waals surface area contributed by atoms with E-state index in [4.69, 9.17) is 11.6 Å². The molecule has 1 saturated carbocycles. The Balaban J connectivity index is 1.93. The molecule has 1 aliphatic rings. The summed E-state index contributed by atoms with van der Waals surface area (Å²) in [5, 5.41) is 3.72. The normalized spacial score (nSPS) is 15.3. The van der Waals surface area contributed by atoms with Gasteiger partial charge in [0, 0.05) is 6.54 Å². The first-order valence-electron chi connectivity index (χ1n) is 5.49. The van der Waals surface area contributed by atoms with Crippen molar-refractivity contribution in [2.45, 2.75) is 12.8 Å². The predicted octanol–water partition coefficient (Wildman–Crippen LogP) is 3.11. The zero-order valence-corrected chi connectivity index (χ0v) is 9.54. The minimum atomic E-state index is 0.458. The number of halogens is 1. The van der Waals surface area contributed by atoms with Crippen molar-refractivity contribution in [3.05, 3.63) is 29.4 Å². The van der Waals surface area contributed by atoms with Crippen LogP contribution in [-0.2, 0) is 0 Å². The van der Waals surface area contributed by atoms with Gasteiger partial charge in [-0.2, -0.15) is 0 Å². The van der Waals surface area contributed by atoms with Gasteiger partial charge in [0.05, 0.1) is 11.0 Å². The average Bonchev–Trinajstić information content (AvgIpc) is 3.10. The summed E-state index contributed by atoms with van der Waals surface area (Å²) in [6.45, 7) is 0.951. The molecular weight excluding hydrogens is 222 g/mol. The standard InChI is InChI=1S/C12H12ClN3/c13-11-12(14-7-8-5-6-8)16-10-4-2-1-3-9(10)15-11/h1-4,8H,5-7H2,(H,14,16). The minimum Gasteiger partial charge on any atom is -0.367 e. The van der Waals surface area contributed by atoms with Gasteiger partial charge in [0.25, 0.3) is 0 Å². The highest BCUT2D eigenvalue weighted by atomic mass is 35.5. The second kappa shape index (κ2) is 3.91. The van der Waals surface area contributed by atoms with Crippen LogP contribution in [0.25, 0.3) is 11.0 Å². The summed E-state index contributed by atoms with van der Waals surface area (Å²) in [7, 11) is 0. The summed E-state index contributed by atoms with van der Waals surface area (Å²) in [6, 6.07) is 7.75. The summed E-state index contributed by atoms with van der Waals surface area (Å²) in [5.41, 5.74) is 1.72. The maximum absolute atomic E-state index is 6.07. The number of hydrogen-bond acceptors (Lipinski definition) is 3. The van der Waals surface area contributed by atoms with E-state index in [-0.39, 0.29) is 0 Å². The SMILES string of the molecule is Clc1nc2ccccc2nc1NCC1CC1. The van der Waals surface area contributed by atoms with E-state index in [1.165, 1.54) is 12.8 Å². The first kappa shape index (κ1) is 9.85. The lowest BCUT2D eigenvalue weighted by Crippen LogP contribution is -2.06. The van der Waals surface area contributed by atoms with Crippen molar-refractivity contribution in [2.75, 3.05) is 11.9 Å². The average molecular weight is 234 g/mol. The zero-order chi connectivity index (χ0) is 11.0. The highest BCUT2D eigenvalue weighted by molar-refractivity contribution is 6.32. The van der Waals surface area contributed by atoms with Gasteiger partial charge in [0.15, 0.2) is 11.0 Å². The minimum absolute atomic E-state index is 0.458. The van der Waals surface area contributed by atoms with E-state index in [1.54, 1.807) is 0 Å². The molecule has 3 rings (SSSR count). The highest BCUT2D eigenvalue weighted by Crippen LogP contribution is 2.29. The molecule has 0 bridgehead atoms. The molecule has 1 fully saturated rings. The van der Waals surface area contributed by atoms with Gasteiger partial charge >= 0.3 is 0 Å². The molecule has 16 heavy (non-hydrogen) atoms. The van der Waals surface area contributed by atoms with Gasteiger partial charge in [-0.25, -0.2) is 9.97 Å². The number of para-hydroxylation sites is 2. The Morgan fingerprint density at radius 1 is 1.19 bits per heavy atom. The smallest absolute Gasteiger partial charge is 0.172 e. The number of hydrogen-bond donors (Lipinski definition) is 1. The van der Waals surface area contributed by atoms with Gasteiger partial charge in [-0.05, 0) is 30.9 Å². The third kappa shape index (κ3) is 1.95. The van der Waals surface area contributed by atoms with Gasteiger partial charge < -0.3 is 5.32 Å². The van der Waals surface area contributed by atoms with Crippen molar-refractivity contribution >= 4 is 28.5 Å². The van der Waals surface area contributed by atoms with E-state index >= 15 is 0 Å². The highest BCUT2D eigenvalue weighted by Gasteiger charge is 2.21. The Kier molecular flexibility index (Phi) is 2.40. The van der Waals surface area contributed by atoms with Crippen LogP contribution < -0.4 is 5.32 Å². The summed E-state index contributed by atoms with van der Waals surface area (Å²) >= 11 is 6.07. The van der Waals surface area contributed by atoms with Crippen LogP contribution in [0, 0.1) is 5.92 Å². The Morgan fingerprint density at radius 3 is 2.56 bits per heavy atom. The van der Waals surface area contributed by atoms with E-state index in [0.29, 0.717) is 11.0 Å². The van der Waals surface area contributed by atoms with Crippen LogP contribution in [0.15, 0.2) is 24.3 Å². The van der Waals surface area contributed by atoms with E-state index in [1.807, 2.05) is 24.3 Å². The number of anilines is 1. The molecule has 1 N–H and O–H groups in total. The molecule has 0 aliphatic heterocycles. The number of benzene rings is 1. The predicted molar refractivity (Wildman–Crippen MR) is 65.8 cm³/mol. The Morgan fingerprint density at radius 2 is 1.88 bits per heavy atom. The van der Waals surface area contributed by atoms with Gasteiger partial charge in [0.2, 0.25) is 0 Å². The molecular formula is C12H12ClN3. The number of fused-ring (bicyclic) bond motifs is 1. The maximum atomic E-state index is 6.07.